The normalized spacial score (nSPS) is 11.7. The Hall–Kier alpha value is -2.35. The molecular weight excluding hydrogens is 447 g/mol. The molecule has 6 nitrogen and oxygen atoms in total. The zero-order valence-electron chi connectivity index (χ0n) is 16.5. The number of methoxy groups -OCH3 is 1. The molecule has 0 atom stereocenters. The third kappa shape index (κ3) is 5.03. The molecule has 1 aromatic heterocycles. The van der Waals surface area contributed by atoms with Gasteiger partial charge in [0, 0.05) is 5.56 Å². The lowest BCUT2D eigenvalue weighted by molar-refractivity contribution is -0.141. The van der Waals surface area contributed by atoms with Crippen LogP contribution in [-0.2, 0) is 16.1 Å². The molecule has 0 saturated carbocycles. The van der Waals surface area contributed by atoms with E-state index in [1.165, 1.54) is 18.4 Å². The van der Waals surface area contributed by atoms with E-state index in [1.54, 1.807) is 41.0 Å². The van der Waals surface area contributed by atoms with E-state index < -0.39 is 11.9 Å². The second-order valence-electron chi connectivity index (χ2n) is 6.40. The maximum absolute atomic E-state index is 12.7. The molecule has 0 aliphatic rings. The van der Waals surface area contributed by atoms with Crippen LogP contribution in [0.1, 0.15) is 30.1 Å². The van der Waals surface area contributed by atoms with Crippen molar-refractivity contribution in [2.24, 2.45) is 4.99 Å². The Labute approximate surface area is 187 Å². The first-order valence-corrected chi connectivity index (χ1v) is 10.9. The number of carbonyl (C=O) groups is 2. The molecule has 3 rings (SSSR count). The van der Waals surface area contributed by atoms with Gasteiger partial charge in [-0.25, -0.2) is 0 Å². The number of nitrogens with zero attached hydrogens (tertiary/aromatic N) is 2. The molecule has 0 unspecified atom stereocenters. The zero-order chi connectivity index (χ0) is 21.7. The molecule has 0 radical (unpaired) electrons. The van der Waals surface area contributed by atoms with E-state index in [-0.39, 0.29) is 11.6 Å². The van der Waals surface area contributed by atoms with E-state index in [9.17, 15) is 9.59 Å². The van der Waals surface area contributed by atoms with E-state index >= 15 is 0 Å². The third-order valence-corrected chi connectivity index (χ3v) is 6.15. The number of rotatable bonds is 7. The number of hydrogen-bond acceptors (Lipinski definition) is 5. The van der Waals surface area contributed by atoms with Crippen LogP contribution < -0.4 is 9.54 Å². The summed E-state index contributed by atoms with van der Waals surface area (Å²) >= 11 is 13.7. The van der Waals surface area contributed by atoms with Gasteiger partial charge in [0.1, 0.15) is 12.3 Å². The number of halogens is 2. The van der Waals surface area contributed by atoms with Crippen LogP contribution in [0.5, 0.6) is 5.75 Å². The van der Waals surface area contributed by atoms with Crippen molar-refractivity contribution in [1.29, 1.82) is 0 Å². The fourth-order valence-electron chi connectivity index (χ4n) is 2.71. The number of ether oxygens (including phenoxy) is 2. The van der Waals surface area contributed by atoms with Gasteiger partial charge in [0.05, 0.1) is 34.0 Å². The fourth-order valence-corrected chi connectivity index (χ4v) is 4.22. The smallest absolute Gasteiger partial charge is 0.325 e. The fraction of sp³-hybridized carbons (Fsp3) is 0.286. The molecule has 0 aliphatic carbocycles. The maximum atomic E-state index is 12.7. The van der Waals surface area contributed by atoms with E-state index in [2.05, 4.69) is 11.9 Å². The van der Waals surface area contributed by atoms with Crippen LogP contribution in [0.25, 0.3) is 10.2 Å². The largest absolute Gasteiger partial charge is 0.494 e. The van der Waals surface area contributed by atoms with Crippen LogP contribution >= 0.6 is 34.5 Å². The Kier molecular flexibility index (Phi) is 7.53. The van der Waals surface area contributed by atoms with Gasteiger partial charge in [-0.05, 0) is 42.8 Å². The molecule has 30 heavy (non-hydrogen) atoms. The molecule has 158 valence electrons. The molecule has 0 fully saturated rings. The third-order valence-electron chi connectivity index (χ3n) is 4.31. The Bertz CT molecular complexity index is 1140. The first-order chi connectivity index (χ1) is 14.4. The Morgan fingerprint density at radius 1 is 1.13 bits per heavy atom. The predicted molar refractivity (Wildman–Crippen MR) is 119 cm³/mol. The molecule has 3 aromatic rings. The highest BCUT2D eigenvalue weighted by atomic mass is 35.5. The van der Waals surface area contributed by atoms with E-state index in [0.29, 0.717) is 33.3 Å². The summed E-state index contributed by atoms with van der Waals surface area (Å²) in [5, 5.41) is 0.633. The van der Waals surface area contributed by atoms with Crippen molar-refractivity contribution in [3.63, 3.8) is 0 Å². The lowest BCUT2D eigenvalue weighted by Gasteiger charge is -2.06. The van der Waals surface area contributed by atoms with Crippen LogP contribution in [0, 0.1) is 0 Å². The van der Waals surface area contributed by atoms with Crippen LogP contribution in [0.2, 0.25) is 10.0 Å². The minimum atomic E-state index is -0.492. The molecule has 0 bridgehead atoms. The molecule has 9 heteroatoms. The van der Waals surface area contributed by atoms with Crippen molar-refractivity contribution in [2.45, 2.75) is 26.3 Å². The first-order valence-electron chi connectivity index (χ1n) is 9.30. The van der Waals surface area contributed by atoms with E-state index in [0.717, 1.165) is 17.5 Å². The lowest BCUT2D eigenvalue weighted by Crippen LogP contribution is -2.22. The average Bonchev–Trinajstić information content (AvgIpc) is 3.08. The number of unbranched alkanes of at least 4 members (excludes halogenated alkanes) is 1. The van der Waals surface area contributed by atoms with Gasteiger partial charge < -0.3 is 14.0 Å². The van der Waals surface area contributed by atoms with Crippen molar-refractivity contribution in [3.05, 3.63) is 56.8 Å². The van der Waals surface area contributed by atoms with Crippen LogP contribution in [0.15, 0.2) is 41.4 Å². The van der Waals surface area contributed by atoms with E-state index in [4.69, 9.17) is 32.7 Å². The Morgan fingerprint density at radius 2 is 1.87 bits per heavy atom. The number of hydrogen-bond donors (Lipinski definition) is 0. The van der Waals surface area contributed by atoms with Gasteiger partial charge in [-0.1, -0.05) is 47.9 Å². The van der Waals surface area contributed by atoms with Gasteiger partial charge in [-0.15, -0.1) is 0 Å². The number of carbonyl (C=O) groups excluding carboxylic acids is 2. The summed E-state index contributed by atoms with van der Waals surface area (Å²) < 4.78 is 12.7. The van der Waals surface area contributed by atoms with E-state index in [1.807, 2.05) is 0 Å². The van der Waals surface area contributed by atoms with Gasteiger partial charge >= 0.3 is 5.97 Å². The van der Waals surface area contributed by atoms with Crippen LogP contribution in [0.3, 0.4) is 0 Å². The number of esters is 1. The molecule has 1 heterocycles. The molecule has 0 N–H and O–H groups in total. The van der Waals surface area contributed by atoms with Crippen molar-refractivity contribution < 1.29 is 19.1 Å². The molecule has 0 saturated heterocycles. The van der Waals surface area contributed by atoms with Gasteiger partial charge in [0.25, 0.3) is 5.91 Å². The zero-order valence-corrected chi connectivity index (χ0v) is 18.8. The summed E-state index contributed by atoms with van der Waals surface area (Å²) in [5.41, 5.74) is 0.940. The summed E-state index contributed by atoms with van der Waals surface area (Å²) in [4.78, 5) is 29.2. The molecular formula is C21H20Cl2N2O4S. The predicted octanol–water partition coefficient (Wildman–Crippen LogP) is 5.10. The van der Waals surface area contributed by atoms with Crippen molar-refractivity contribution in [1.82, 2.24) is 4.57 Å². The van der Waals surface area contributed by atoms with Crippen LogP contribution in [-0.4, -0.2) is 30.2 Å². The highest BCUT2D eigenvalue weighted by Crippen LogP contribution is 2.32. The number of amides is 1. The van der Waals surface area contributed by atoms with Crippen molar-refractivity contribution in [3.8, 4) is 5.75 Å². The summed E-state index contributed by atoms with van der Waals surface area (Å²) in [6.07, 6.45) is 2.01. The van der Waals surface area contributed by atoms with Gasteiger partial charge in [0.15, 0.2) is 4.80 Å². The van der Waals surface area contributed by atoms with Gasteiger partial charge in [-0.3, -0.25) is 9.59 Å². The minimum absolute atomic E-state index is 0.146. The summed E-state index contributed by atoms with van der Waals surface area (Å²) in [6.45, 7) is 2.58. The highest BCUT2D eigenvalue weighted by Gasteiger charge is 2.16. The van der Waals surface area contributed by atoms with Gasteiger partial charge in [-0.2, -0.15) is 4.99 Å². The standard InChI is InChI=1S/C21H20Cl2N2O4S/c1-3-4-11-29-14-7-5-13(6-8-14)20(27)24-21-25(12-17(26)28-2)19-16(30-21)10-9-15(22)18(19)23/h5-10H,3-4,11-12H2,1-2H3. The number of aromatic nitrogens is 1. The second-order valence-corrected chi connectivity index (χ2v) is 8.19. The number of thiazole rings is 1. The monoisotopic (exact) mass is 466 g/mol. The van der Waals surface area contributed by atoms with Gasteiger partial charge in [0.2, 0.25) is 0 Å². The number of benzene rings is 2. The molecule has 2 aromatic carbocycles. The summed E-state index contributed by atoms with van der Waals surface area (Å²) in [7, 11) is 1.29. The average molecular weight is 467 g/mol. The van der Waals surface area contributed by atoms with Crippen LogP contribution in [0.4, 0.5) is 0 Å². The second kappa shape index (κ2) is 10.1. The SMILES string of the molecule is CCCCOc1ccc(C(=O)N=c2sc3ccc(Cl)c(Cl)c3n2CC(=O)OC)cc1. The van der Waals surface area contributed by atoms with Crippen molar-refractivity contribution >= 4 is 56.6 Å². The number of fused-ring (bicyclic) bond motifs is 1. The quantitative estimate of drug-likeness (QED) is 0.358. The Morgan fingerprint density at radius 3 is 2.53 bits per heavy atom. The summed E-state index contributed by atoms with van der Waals surface area (Å²) in [5.74, 6) is -0.236. The maximum Gasteiger partial charge on any atom is 0.325 e. The minimum Gasteiger partial charge on any atom is -0.494 e. The Balaban J connectivity index is 1.98. The highest BCUT2D eigenvalue weighted by molar-refractivity contribution is 7.16. The lowest BCUT2D eigenvalue weighted by atomic mass is 10.2. The first kappa shape index (κ1) is 22.3. The topological polar surface area (TPSA) is 69.9 Å². The van der Waals surface area contributed by atoms with Crippen molar-refractivity contribution in [2.75, 3.05) is 13.7 Å². The molecule has 0 aliphatic heterocycles. The molecule has 0 spiro atoms. The molecule has 1 amide bonds. The summed E-state index contributed by atoms with van der Waals surface area (Å²) in [6, 6.07) is 10.2.